The molecule has 1 aliphatic carbocycles. The number of aromatic nitrogens is 1. The van der Waals surface area contributed by atoms with Crippen LogP contribution in [-0.4, -0.2) is 46.7 Å². The number of amides is 3. The monoisotopic (exact) mass is 448 g/mol. The molecule has 1 atom stereocenters. The number of benzene rings is 1. The number of rotatable bonds is 6. The van der Waals surface area contributed by atoms with Gasteiger partial charge in [-0.25, -0.2) is 0 Å². The summed E-state index contributed by atoms with van der Waals surface area (Å²) in [6, 6.07) is 9.76. The number of aromatic amines is 1. The maximum atomic E-state index is 12.8. The molecule has 0 radical (unpaired) electrons. The van der Waals surface area contributed by atoms with E-state index in [0.29, 0.717) is 25.1 Å². The number of likely N-dealkylation sites (tertiary alicyclic amines) is 1. The topological polar surface area (TPSA) is 94.3 Å². The van der Waals surface area contributed by atoms with E-state index in [0.717, 1.165) is 49.0 Å². The van der Waals surface area contributed by atoms with Crippen LogP contribution in [0.15, 0.2) is 36.5 Å². The minimum absolute atomic E-state index is 0.00914. The summed E-state index contributed by atoms with van der Waals surface area (Å²) in [6.07, 6.45) is 9.11. The van der Waals surface area contributed by atoms with Crippen LogP contribution in [0.4, 0.5) is 5.69 Å². The van der Waals surface area contributed by atoms with E-state index in [1.807, 2.05) is 35.4 Å². The Kier molecular flexibility index (Phi) is 6.20. The fourth-order valence-electron chi connectivity index (χ4n) is 5.64. The van der Waals surface area contributed by atoms with Gasteiger partial charge in [0.05, 0.1) is 5.92 Å². The molecule has 1 unspecified atom stereocenters. The SMILES string of the molecule is O=C(NC1CCCC1)c1ccc2c(c1)C(C1CCN(C(=O)CCc3ccc[nH]3)CC1)C(=O)N2. The van der Waals surface area contributed by atoms with E-state index in [-0.39, 0.29) is 35.6 Å². The van der Waals surface area contributed by atoms with Gasteiger partial charge in [-0.3, -0.25) is 14.4 Å². The smallest absolute Gasteiger partial charge is 0.251 e. The Morgan fingerprint density at radius 2 is 1.85 bits per heavy atom. The van der Waals surface area contributed by atoms with Gasteiger partial charge in [-0.15, -0.1) is 0 Å². The Bertz CT molecular complexity index is 1020. The highest BCUT2D eigenvalue weighted by Gasteiger charge is 2.39. The number of fused-ring (bicyclic) bond motifs is 1. The Morgan fingerprint density at radius 1 is 1.06 bits per heavy atom. The van der Waals surface area contributed by atoms with Crippen LogP contribution in [0, 0.1) is 5.92 Å². The lowest BCUT2D eigenvalue weighted by Gasteiger charge is -2.34. The molecule has 5 rings (SSSR count). The maximum absolute atomic E-state index is 12.8. The van der Waals surface area contributed by atoms with Crippen LogP contribution >= 0.6 is 0 Å². The number of carbonyl (C=O) groups is 3. The van der Waals surface area contributed by atoms with E-state index in [1.54, 1.807) is 6.07 Å². The number of aryl methyl sites for hydroxylation is 1. The van der Waals surface area contributed by atoms with Crippen LogP contribution in [0.2, 0.25) is 0 Å². The van der Waals surface area contributed by atoms with E-state index in [2.05, 4.69) is 15.6 Å². The van der Waals surface area contributed by atoms with Crippen LogP contribution < -0.4 is 10.6 Å². The second kappa shape index (κ2) is 9.41. The number of hydrogen-bond donors (Lipinski definition) is 3. The first kappa shape index (κ1) is 21.7. The third-order valence-electron chi connectivity index (χ3n) is 7.51. The number of H-pyrrole nitrogens is 1. The zero-order valence-electron chi connectivity index (χ0n) is 18.9. The zero-order chi connectivity index (χ0) is 22.8. The van der Waals surface area contributed by atoms with Gasteiger partial charge in [-0.1, -0.05) is 12.8 Å². The molecule has 3 N–H and O–H groups in total. The van der Waals surface area contributed by atoms with E-state index in [9.17, 15) is 14.4 Å². The highest BCUT2D eigenvalue weighted by molar-refractivity contribution is 6.05. The summed E-state index contributed by atoms with van der Waals surface area (Å²) in [5.74, 6) is 0.0487. The summed E-state index contributed by atoms with van der Waals surface area (Å²) >= 11 is 0. The molecule has 2 fully saturated rings. The lowest BCUT2D eigenvalue weighted by Crippen LogP contribution is -2.40. The lowest BCUT2D eigenvalue weighted by molar-refractivity contribution is -0.132. The van der Waals surface area contributed by atoms with E-state index >= 15 is 0 Å². The Hall–Kier alpha value is -3.09. The van der Waals surface area contributed by atoms with Crippen LogP contribution in [0.5, 0.6) is 0 Å². The first-order valence-corrected chi connectivity index (χ1v) is 12.2. The molecule has 7 nitrogen and oxygen atoms in total. The molecule has 0 bridgehead atoms. The second-order valence-electron chi connectivity index (χ2n) is 9.64. The first-order chi connectivity index (χ1) is 16.1. The predicted octanol–water partition coefficient (Wildman–Crippen LogP) is 3.59. The standard InChI is InChI=1S/C26H32N4O3/c31-23(10-8-19-6-3-13-27-19)30-14-11-17(12-15-30)24-21-16-18(7-9-22(21)29-26(24)33)25(32)28-20-4-1-2-5-20/h3,6-7,9,13,16-17,20,24,27H,1-2,4-5,8,10-12,14-15H2,(H,28,32)(H,29,33). The third kappa shape index (κ3) is 4.68. The van der Waals surface area contributed by atoms with Gasteiger partial charge in [0, 0.05) is 48.7 Å². The van der Waals surface area contributed by atoms with E-state index in [1.165, 1.54) is 12.8 Å². The fourth-order valence-corrected chi connectivity index (χ4v) is 5.64. The average molecular weight is 449 g/mol. The van der Waals surface area contributed by atoms with Crippen molar-refractivity contribution in [3.05, 3.63) is 53.3 Å². The molecule has 1 saturated carbocycles. The third-order valence-corrected chi connectivity index (χ3v) is 7.51. The van der Waals surface area contributed by atoms with Crippen molar-refractivity contribution in [2.45, 2.75) is 63.3 Å². The number of nitrogens with zero attached hydrogens (tertiary/aromatic N) is 1. The van der Waals surface area contributed by atoms with Crippen molar-refractivity contribution in [2.75, 3.05) is 18.4 Å². The van der Waals surface area contributed by atoms with Crippen LogP contribution in [0.1, 0.15) is 72.5 Å². The van der Waals surface area contributed by atoms with Crippen molar-refractivity contribution in [3.63, 3.8) is 0 Å². The maximum Gasteiger partial charge on any atom is 0.251 e. The van der Waals surface area contributed by atoms with Crippen LogP contribution in [0.3, 0.4) is 0 Å². The first-order valence-electron chi connectivity index (χ1n) is 12.2. The number of hydrogen-bond acceptors (Lipinski definition) is 3. The molecule has 1 aromatic carbocycles. The van der Waals surface area contributed by atoms with E-state index in [4.69, 9.17) is 0 Å². The molecule has 3 heterocycles. The van der Waals surface area contributed by atoms with Gasteiger partial charge in [0.2, 0.25) is 11.8 Å². The number of piperidine rings is 1. The number of carbonyl (C=O) groups excluding carboxylic acids is 3. The van der Waals surface area contributed by atoms with Gasteiger partial charge < -0.3 is 20.5 Å². The van der Waals surface area contributed by atoms with Crippen LogP contribution in [-0.2, 0) is 16.0 Å². The molecule has 33 heavy (non-hydrogen) atoms. The molecule has 3 aliphatic rings. The minimum Gasteiger partial charge on any atom is -0.365 e. The zero-order valence-corrected chi connectivity index (χ0v) is 18.9. The van der Waals surface area contributed by atoms with Gasteiger partial charge in [0.1, 0.15) is 0 Å². The van der Waals surface area contributed by atoms with Gasteiger partial charge >= 0.3 is 0 Å². The van der Waals surface area contributed by atoms with Crippen molar-refractivity contribution in [3.8, 4) is 0 Å². The Balaban J connectivity index is 1.21. The summed E-state index contributed by atoms with van der Waals surface area (Å²) in [5.41, 5.74) is 3.44. The molecule has 7 heteroatoms. The number of nitrogens with one attached hydrogen (secondary N) is 3. The Morgan fingerprint density at radius 3 is 2.58 bits per heavy atom. The summed E-state index contributed by atoms with van der Waals surface area (Å²) in [5, 5.41) is 6.14. The number of anilines is 1. The van der Waals surface area contributed by atoms with E-state index < -0.39 is 0 Å². The van der Waals surface area contributed by atoms with Crippen molar-refractivity contribution >= 4 is 23.4 Å². The van der Waals surface area contributed by atoms with Gasteiger partial charge in [0.25, 0.3) is 5.91 Å². The van der Waals surface area contributed by atoms with Crippen LogP contribution in [0.25, 0.3) is 0 Å². The molecule has 174 valence electrons. The summed E-state index contributed by atoms with van der Waals surface area (Å²) in [6.45, 7) is 1.35. The fraction of sp³-hybridized carbons (Fsp3) is 0.500. The normalized spacial score (nSPS) is 21.2. The molecule has 1 aromatic heterocycles. The lowest BCUT2D eigenvalue weighted by atomic mass is 9.80. The largest absolute Gasteiger partial charge is 0.365 e. The van der Waals surface area contributed by atoms with Crippen molar-refractivity contribution in [1.29, 1.82) is 0 Å². The second-order valence-corrected chi connectivity index (χ2v) is 9.64. The Labute approximate surface area is 194 Å². The summed E-state index contributed by atoms with van der Waals surface area (Å²) in [7, 11) is 0. The molecule has 1 saturated heterocycles. The predicted molar refractivity (Wildman–Crippen MR) is 126 cm³/mol. The summed E-state index contributed by atoms with van der Waals surface area (Å²) < 4.78 is 0. The molecule has 3 amide bonds. The summed E-state index contributed by atoms with van der Waals surface area (Å²) in [4.78, 5) is 43.3. The highest BCUT2D eigenvalue weighted by Crippen LogP contribution is 2.42. The molecule has 2 aromatic rings. The highest BCUT2D eigenvalue weighted by atomic mass is 16.2. The van der Waals surface area contributed by atoms with Gasteiger partial charge in [0.15, 0.2) is 0 Å². The average Bonchev–Trinajstić information content (AvgIpc) is 3.58. The molecule has 2 aliphatic heterocycles. The quantitative estimate of drug-likeness (QED) is 0.630. The van der Waals surface area contributed by atoms with Crippen molar-refractivity contribution in [2.24, 2.45) is 5.92 Å². The molecular formula is C26H32N4O3. The van der Waals surface area contributed by atoms with Gasteiger partial charge in [-0.2, -0.15) is 0 Å². The molecule has 0 spiro atoms. The van der Waals surface area contributed by atoms with Crippen molar-refractivity contribution < 1.29 is 14.4 Å². The van der Waals surface area contributed by atoms with Crippen molar-refractivity contribution in [1.82, 2.24) is 15.2 Å². The van der Waals surface area contributed by atoms with Gasteiger partial charge in [-0.05, 0) is 73.9 Å². The molecular weight excluding hydrogens is 416 g/mol. The minimum atomic E-state index is -0.254.